The van der Waals surface area contributed by atoms with E-state index in [9.17, 15) is 24.3 Å². The van der Waals surface area contributed by atoms with E-state index in [0.717, 1.165) is 21.6 Å². The standard InChI is InChI=1S/C37H38N6O5S/c1-2-17-41-25-34(45)42-32(20-26-13-15-30(44)16-14-26)36(47)40(24-33(42)43(41)37(48)39-21-27-8-4-3-5-9-27)23-28-10-6-11-29(19-28)35(46)38-22-31-12-7-18-49-31/h2-16,18-19,32-33,44H,1,17,20-25H2,(H,38,46)(H,39,48)/t32?,33-/m0/s1. The van der Waals surface area contributed by atoms with Crippen molar-refractivity contribution in [2.24, 2.45) is 0 Å². The number of hydrazine groups is 1. The summed E-state index contributed by atoms with van der Waals surface area (Å²) in [4.78, 5) is 59.3. The van der Waals surface area contributed by atoms with Crippen LogP contribution in [-0.2, 0) is 35.6 Å². The second-order valence-corrected chi connectivity index (χ2v) is 13.0. The summed E-state index contributed by atoms with van der Waals surface area (Å²) in [7, 11) is 0. The molecule has 2 saturated heterocycles. The van der Waals surface area contributed by atoms with Crippen molar-refractivity contribution in [2.75, 3.05) is 19.6 Å². The Morgan fingerprint density at radius 1 is 0.898 bits per heavy atom. The molecule has 4 aromatic rings. The van der Waals surface area contributed by atoms with Crippen LogP contribution >= 0.6 is 11.3 Å². The molecule has 0 spiro atoms. The number of thiophene rings is 1. The molecule has 0 radical (unpaired) electrons. The summed E-state index contributed by atoms with van der Waals surface area (Å²) in [6.07, 6.45) is 1.01. The van der Waals surface area contributed by atoms with E-state index >= 15 is 0 Å². The van der Waals surface area contributed by atoms with Crippen molar-refractivity contribution in [1.82, 2.24) is 30.5 Å². The number of rotatable bonds is 11. The third-order valence-electron chi connectivity index (χ3n) is 8.60. The Hall–Kier alpha value is -5.46. The van der Waals surface area contributed by atoms with Gasteiger partial charge in [0.1, 0.15) is 18.0 Å². The molecule has 1 unspecified atom stereocenters. The monoisotopic (exact) mass is 678 g/mol. The average molecular weight is 679 g/mol. The van der Waals surface area contributed by atoms with Gasteiger partial charge >= 0.3 is 6.03 Å². The lowest BCUT2D eigenvalue weighted by Gasteiger charge is -2.55. The number of aromatic hydroxyl groups is 1. The molecule has 2 aliphatic rings. The first-order valence-corrected chi connectivity index (χ1v) is 16.9. The Bertz CT molecular complexity index is 1800. The summed E-state index contributed by atoms with van der Waals surface area (Å²) in [5, 5.41) is 20.9. The number of nitrogens with one attached hydrogen (secondary N) is 2. The molecule has 2 aliphatic heterocycles. The van der Waals surface area contributed by atoms with Crippen LogP contribution in [0.25, 0.3) is 0 Å². The fraction of sp³-hybridized carbons (Fsp3) is 0.243. The van der Waals surface area contributed by atoms with Crippen LogP contribution in [0, 0.1) is 0 Å². The highest BCUT2D eigenvalue weighted by Gasteiger charge is 2.51. The molecule has 1 aromatic heterocycles. The highest BCUT2D eigenvalue weighted by atomic mass is 32.1. The normalized spacial score (nSPS) is 17.8. The Balaban J connectivity index is 1.29. The number of amides is 5. The van der Waals surface area contributed by atoms with Crippen molar-refractivity contribution in [3.05, 3.63) is 136 Å². The number of hydrogen-bond donors (Lipinski definition) is 3. The van der Waals surface area contributed by atoms with Crippen LogP contribution in [-0.4, -0.2) is 80.5 Å². The number of nitrogens with zero attached hydrogens (tertiary/aromatic N) is 4. The largest absolute Gasteiger partial charge is 0.508 e. The number of benzene rings is 3. The topological polar surface area (TPSA) is 126 Å². The smallest absolute Gasteiger partial charge is 0.334 e. The Morgan fingerprint density at radius 2 is 1.67 bits per heavy atom. The Kier molecular flexibility index (Phi) is 10.4. The molecule has 252 valence electrons. The molecule has 3 N–H and O–H groups in total. The molecule has 6 rings (SSSR count). The molecule has 2 atom stereocenters. The molecule has 0 bridgehead atoms. The third-order valence-corrected chi connectivity index (χ3v) is 9.47. The zero-order chi connectivity index (χ0) is 34.3. The number of hydrogen-bond acceptors (Lipinski definition) is 7. The van der Waals surface area contributed by atoms with Crippen LogP contribution in [0.4, 0.5) is 4.79 Å². The van der Waals surface area contributed by atoms with E-state index < -0.39 is 18.2 Å². The van der Waals surface area contributed by atoms with Crippen molar-refractivity contribution in [1.29, 1.82) is 0 Å². The van der Waals surface area contributed by atoms with E-state index in [4.69, 9.17) is 0 Å². The number of carbonyl (C=O) groups is 4. The molecule has 11 nitrogen and oxygen atoms in total. The van der Waals surface area contributed by atoms with Crippen molar-refractivity contribution in [3.63, 3.8) is 0 Å². The van der Waals surface area contributed by atoms with Gasteiger partial charge in [-0.3, -0.25) is 14.4 Å². The molecule has 0 saturated carbocycles. The number of fused-ring (bicyclic) bond motifs is 1. The molecular weight excluding hydrogens is 641 g/mol. The van der Waals surface area contributed by atoms with Gasteiger partial charge in [-0.1, -0.05) is 66.7 Å². The summed E-state index contributed by atoms with van der Waals surface area (Å²) >= 11 is 1.56. The Labute approximate surface area is 289 Å². The van der Waals surface area contributed by atoms with E-state index in [1.807, 2.05) is 53.9 Å². The Morgan fingerprint density at radius 3 is 2.41 bits per heavy atom. The predicted molar refractivity (Wildman–Crippen MR) is 186 cm³/mol. The van der Waals surface area contributed by atoms with Crippen LogP contribution in [0.1, 0.15) is 31.9 Å². The zero-order valence-electron chi connectivity index (χ0n) is 26.9. The van der Waals surface area contributed by atoms with E-state index in [-0.39, 0.29) is 62.6 Å². The van der Waals surface area contributed by atoms with Crippen LogP contribution in [0.2, 0.25) is 0 Å². The first-order valence-electron chi connectivity index (χ1n) is 16.0. The van der Waals surface area contributed by atoms with Gasteiger partial charge in [0.2, 0.25) is 11.8 Å². The molecule has 49 heavy (non-hydrogen) atoms. The number of urea groups is 1. The predicted octanol–water partition coefficient (Wildman–Crippen LogP) is 4.12. The molecule has 3 heterocycles. The molecule has 0 aliphatic carbocycles. The maximum atomic E-state index is 14.3. The second-order valence-electron chi connectivity index (χ2n) is 12.0. The van der Waals surface area contributed by atoms with Crippen LogP contribution < -0.4 is 10.6 Å². The van der Waals surface area contributed by atoms with Crippen LogP contribution in [0.15, 0.2) is 109 Å². The highest BCUT2D eigenvalue weighted by molar-refractivity contribution is 7.09. The van der Waals surface area contributed by atoms with Gasteiger partial charge in [0.05, 0.1) is 19.6 Å². The fourth-order valence-electron chi connectivity index (χ4n) is 6.27. The maximum absolute atomic E-state index is 14.3. The minimum Gasteiger partial charge on any atom is -0.508 e. The van der Waals surface area contributed by atoms with Gasteiger partial charge in [-0.25, -0.2) is 14.8 Å². The van der Waals surface area contributed by atoms with E-state index in [2.05, 4.69) is 17.2 Å². The van der Waals surface area contributed by atoms with Crippen molar-refractivity contribution >= 4 is 35.1 Å². The van der Waals surface area contributed by atoms with E-state index in [1.165, 1.54) is 9.91 Å². The van der Waals surface area contributed by atoms with E-state index in [1.54, 1.807) is 69.8 Å². The number of phenolic OH excluding ortho intramolecular Hbond substituents is 1. The lowest BCUT2D eigenvalue weighted by Crippen LogP contribution is -2.76. The van der Waals surface area contributed by atoms with Gasteiger partial charge in [-0.15, -0.1) is 17.9 Å². The third kappa shape index (κ3) is 7.82. The van der Waals surface area contributed by atoms with Crippen molar-refractivity contribution in [3.8, 4) is 5.75 Å². The zero-order valence-corrected chi connectivity index (χ0v) is 27.7. The van der Waals surface area contributed by atoms with Crippen LogP contribution in [0.5, 0.6) is 5.75 Å². The lowest BCUT2D eigenvalue weighted by atomic mass is 9.98. The summed E-state index contributed by atoms with van der Waals surface area (Å²) in [5.41, 5.74) is 2.87. The SMILES string of the molecule is C=CCN1CC(=O)N2C(Cc3ccc(O)cc3)C(=O)N(Cc3cccc(C(=O)NCc4cccs4)c3)C[C@@H]2N1C(=O)NCc1ccccc1. The first-order chi connectivity index (χ1) is 23.8. The molecule has 5 amide bonds. The number of piperazine rings is 1. The number of carbonyl (C=O) groups excluding carboxylic acids is 4. The quantitative estimate of drug-likeness (QED) is 0.205. The average Bonchev–Trinajstić information content (AvgIpc) is 3.63. The van der Waals surface area contributed by atoms with Gasteiger partial charge in [0, 0.05) is 36.5 Å². The van der Waals surface area contributed by atoms with Crippen molar-refractivity contribution in [2.45, 2.75) is 38.3 Å². The van der Waals surface area contributed by atoms with Gasteiger partial charge in [0.15, 0.2) is 0 Å². The maximum Gasteiger partial charge on any atom is 0.334 e. The van der Waals surface area contributed by atoms with Gasteiger partial charge < -0.3 is 25.5 Å². The summed E-state index contributed by atoms with van der Waals surface area (Å²) in [5.74, 6) is -0.684. The lowest BCUT2D eigenvalue weighted by molar-refractivity contribution is -0.189. The minimum absolute atomic E-state index is 0.0534. The minimum atomic E-state index is -0.914. The van der Waals surface area contributed by atoms with Gasteiger partial charge in [-0.05, 0) is 52.4 Å². The highest BCUT2D eigenvalue weighted by Crippen LogP contribution is 2.30. The number of phenols is 1. The summed E-state index contributed by atoms with van der Waals surface area (Å²) in [6.45, 7) is 4.89. The van der Waals surface area contributed by atoms with Crippen molar-refractivity contribution < 1.29 is 24.3 Å². The second kappa shape index (κ2) is 15.2. The molecule has 2 fully saturated rings. The molecule has 12 heteroatoms. The first kappa shape index (κ1) is 33.4. The van der Waals surface area contributed by atoms with E-state index in [0.29, 0.717) is 12.1 Å². The van der Waals surface area contributed by atoms with Crippen LogP contribution in [0.3, 0.4) is 0 Å². The summed E-state index contributed by atoms with van der Waals surface area (Å²) < 4.78 is 0. The summed E-state index contributed by atoms with van der Waals surface area (Å²) in [6, 6.07) is 25.7. The molecular formula is C37H38N6O5S. The van der Waals surface area contributed by atoms with Gasteiger partial charge in [-0.2, -0.15) is 0 Å². The fourth-order valence-corrected chi connectivity index (χ4v) is 6.91. The molecule has 3 aromatic carbocycles. The van der Waals surface area contributed by atoms with Gasteiger partial charge in [0.25, 0.3) is 5.91 Å².